The van der Waals surface area contributed by atoms with E-state index < -0.39 is 0 Å². The summed E-state index contributed by atoms with van der Waals surface area (Å²) in [5, 5.41) is 12.8. The van der Waals surface area contributed by atoms with Crippen LogP contribution in [0.25, 0.3) is 10.6 Å². The molecule has 27 heavy (non-hydrogen) atoms. The Kier molecular flexibility index (Phi) is 5.22. The summed E-state index contributed by atoms with van der Waals surface area (Å²) in [4.78, 5) is 12.2. The molecule has 2 heterocycles. The molecular weight excluding hydrogens is 386 g/mol. The fourth-order valence-electron chi connectivity index (χ4n) is 2.67. The first-order chi connectivity index (χ1) is 13.2. The third-order valence-electron chi connectivity index (χ3n) is 4.01. The second kappa shape index (κ2) is 7.94. The van der Waals surface area contributed by atoms with Crippen molar-refractivity contribution in [3.05, 3.63) is 53.1 Å². The fraction of sp³-hybridized carbons (Fsp3) is 0.211. The minimum atomic E-state index is -0.108. The van der Waals surface area contributed by atoms with Crippen LogP contribution in [0.1, 0.15) is 12.0 Å². The number of amides is 1. The molecule has 0 bridgehead atoms. The van der Waals surface area contributed by atoms with Crippen molar-refractivity contribution in [3.8, 4) is 22.1 Å². The van der Waals surface area contributed by atoms with Crippen LogP contribution in [0.4, 0.5) is 5.13 Å². The number of anilines is 1. The highest BCUT2D eigenvalue weighted by molar-refractivity contribution is 7.18. The number of ether oxygens (including phenoxy) is 2. The molecule has 6 nitrogen and oxygen atoms in total. The predicted molar refractivity (Wildman–Crippen MR) is 105 cm³/mol. The first-order valence-electron chi connectivity index (χ1n) is 8.45. The molecule has 0 saturated heterocycles. The molecule has 0 atom stereocenters. The number of aryl methyl sites for hydroxylation is 1. The van der Waals surface area contributed by atoms with Gasteiger partial charge in [-0.2, -0.15) is 0 Å². The Morgan fingerprint density at radius 2 is 1.85 bits per heavy atom. The number of hydrogen-bond donors (Lipinski definition) is 1. The number of halogens is 1. The molecule has 0 aliphatic carbocycles. The van der Waals surface area contributed by atoms with Crippen molar-refractivity contribution >= 4 is 34.0 Å². The lowest BCUT2D eigenvalue weighted by Crippen LogP contribution is -2.15. The van der Waals surface area contributed by atoms with E-state index in [1.54, 1.807) is 12.1 Å². The molecule has 1 aromatic heterocycles. The van der Waals surface area contributed by atoms with Gasteiger partial charge in [0.1, 0.15) is 18.2 Å². The molecule has 0 saturated carbocycles. The average molecular weight is 402 g/mol. The molecule has 4 rings (SSSR count). The van der Waals surface area contributed by atoms with Gasteiger partial charge in [0.05, 0.1) is 0 Å². The maximum absolute atomic E-state index is 12.2. The molecule has 2 aromatic carbocycles. The summed E-state index contributed by atoms with van der Waals surface area (Å²) in [6.07, 6.45) is 0.945. The van der Waals surface area contributed by atoms with E-state index in [0.717, 1.165) is 27.6 Å². The smallest absolute Gasteiger partial charge is 0.226 e. The second-order valence-corrected chi connectivity index (χ2v) is 7.36. The van der Waals surface area contributed by atoms with Gasteiger partial charge in [-0.25, -0.2) is 0 Å². The Hall–Kier alpha value is -2.64. The monoisotopic (exact) mass is 401 g/mol. The summed E-state index contributed by atoms with van der Waals surface area (Å²) < 4.78 is 11.1. The summed E-state index contributed by atoms with van der Waals surface area (Å²) in [5.41, 5.74) is 1.93. The number of rotatable bonds is 5. The number of carbonyl (C=O) groups is 1. The maximum Gasteiger partial charge on any atom is 0.226 e. The molecule has 0 fully saturated rings. The first-order valence-corrected chi connectivity index (χ1v) is 9.65. The number of fused-ring (bicyclic) bond motifs is 1. The lowest BCUT2D eigenvalue weighted by atomic mass is 10.1. The van der Waals surface area contributed by atoms with E-state index in [9.17, 15) is 4.79 Å². The molecular formula is C19H16ClN3O3S. The van der Waals surface area contributed by atoms with Gasteiger partial charge in [0.25, 0.3) is 0 Å². The summed E-state index contributed by atoms with van der Waals surface area (Å²) in [6.45, 7) is 1.11. The van der Waals surface area contributed by atoms with Crippen LogP contribution in [-0.2, 0) is 11.2 Å². The van der Waals surface area contributed by atoms with Crippen LogP contribution in [0.2, 0.25) is 5.02 Å². The van der Waals surface area contributed by atoms with Crippen LogP contribution >= 0.6 is 22.9 Å². The topological polar surface area (TPSA) is 73.3 Å². The van der Waals surface area contributed by atoms with Gasteiger partial charge in [-0.05, 0) is 36.2 Å². The van der Waals surface area contributed by atoms with E-state index in [1.807, 2.05) is 30.3 Å². The highest BCUT2D eigenvalue weighted by atomic mass is 35.5. The third kappa shape index (κ3) is 4.37. The van der Waals surface area contributed by atoms with Gasteiger partial charge in [-0.1, -0.05) is 41.1 Å². The van der Waals surface area contributed by atoms with Crippen LogP contribution in [0.15, 0.2) is 42.5 Å². The van der Waals surface area contributed by atoms with Gasteiger partial charge in [0, 0.05) is 17.0 Å². The van der Waals surface area contributed by atoms with Crippen LogP contribution < -0.4 is 14.8 Å². The predicted octanol–water partition coefficient (Wildman–Crippen LogP) is 4.20. The van der Waals surface area contributed by atoms with Crippen molar-refractivity contribution in [2.45, 2.75) is 12.8 Å². The van der Waals surface area contributed by atoms with Crippen molar-refractivity contribution in [1.29, 1.82) is 0 Å². The van der Waals surface area contributed by atoms with Crippen LogP contribution in [0.5, 0.6) is 11.5 Å². The Balaban J connectivity index is 1.34. The molecule has 1 aliphatic heterocycles. The number of aromatic nitrogens is 2. The number of nitrogens with one attached hydrogen (secondary N) is 1. The zero-order valence-corrected chi connectivity index (χ0v) is 15.8. The lowest BCUT2D eigenvalue weighted by Gasteiger charge is -2.18. The molecule has 0 radical (unpaired) electrons. The number of carbonyl (C=O) groups excluding carboxylic acids is 1. The minimum absolute atomic E-state index is 0.108. The third-order valence-corrected chi connectivity index (χ3v) is 5.15. The van der Waals surface area contributed by atoms with E-state index in [2.05, 4.69) is 15.5 Å². The molecule has 3 aromatic rings. The number of hydrogen-bond acceptors (Lipinski definition) is 6. The van der Waals surface area contributed by atoms with E-state index in [0.29, 0.717) is 36.2 Å². The summed E-state index contributed by atoms with van der Waals surface area (Å²) in [7, 11) is 0. The van der Waals surface area contributed by atoms with Crippen molar-refractivity contribution < 1.29 is 14.3 Å². The summed E-state index contributed by atoms with van der Waals surface area (Å²) >= 11 is 7.22. The van der Waals surface area contributed by atoms with Crippen molar-refractivity contribution in [1.82, 2.24) is 10.2 Å². The van der Waals surface area contributed by atoms with E-state index in [4.69, 9.17) is 21.1 Å². The molecule has 1 aliphatic rings. The van der Waals surface area contributed by atoms with Gasteiger partial charge in [-0.3, -0.25) is 4.79 Å². The standard InChI is InChI=1S/C19H16ClN3O3S/c20-14-5-3-13(4-6-14)18-22-23-19(27-18)21-17(24)8-2-12-1-7-15-16(11-12)26-10-9-25-15/h1,3-7,11H,2,8-10H2,(H,21,23,24). The zero-order chi connectivity index (χ0) is 18.6. The Bertz CT molecular complexity index is 959. The van der Waals surface area contributed by atoms with E-state index in [-0.39, 0.29) is 5.91 Å². The highest BCUT2D eigenvalue weighted by Crippen LogP contribution is 2.31. The van der Waals surface area contributed by atoms with Crippen molar-refractivity contribution in [2.75, 3.05) is 18.5 Å². The van der Waals surface area contributed by atoms with Gasteiger partial charge in [-0.15, -0.1) is 10.2 Å². The highest BCUT2D eigenvalue weighted by Gasteiger charge is 2.13. The molecule has 0 unspecified atom stereocenters. The van der Waals surface area contributed by atoms with Crippen molar-refractivity contribution in [3.63, 3.8) is 0 Å². The van der Waals surface area contributed by atoms with Crippen LogP contribution in [-0.4, -0.2) is 29.3 Å². The molecule has 138 valence electrons. The first kappa shape index (κ1) is 17.8. The van der Waals surface area contributed by atoms with Crippen LogP contribution in [0.3, 0.4) is 0 Å². The number of benzene rings is 2. The normalized spacial score (nSPS) is 12.6. The fourth-order valence-corrected chi connectivity index (χ4v) is 3.56. The zero-order valence-electron chi connectivity index (χ0n) is 14.3. The van der Waals surface area contributed by atoms with E-state index in [1.165, 1.54) is 11.3 Å². The SMILES string of the molecule is O=C(CCc1ccc2c(c1)OCCO2)Nc1nnc(-c2ccc(Cl)cc2)s1. The van der Waals surface area contributed by atoms with Crippen molar-refractivity contribution in [2.24, 2.45) is 0 Å². The Morgan fingerprint density at radius 3 is 2.67 bits per heavy atom. The largest absolute Gasteiger partial charge is 0.486 e. The molecule has 1 amide bonds. The average Bonchev–Trinajstić information content (AvgIpc) is 3.15. The lowest BCUT2D eigenvalue weighted by molar-refractivity contribution is -0.116. The Labute approximate surface area is 165 Å². The molecule has 0 spiro atoms. The van der Waals surface area contributed by atoms with Gasteiger partial charge >= 0.3 is 0 Å². The minimum Gasteiger partial charge on any atom is -0.486 e. The Morgan fingerprint density at radius 1 is 1.07 bits per heavy atom. The second-order valence-electron chi connectivity index (χ2n) is 5.95. The maximum atomic E-state index is 12.2. The quantitative estimate of drug-likeness (QED) is 0.693. The number of nitrogens with zero attached hydrogens (tertiary/aromatic N) is 2. The van der Waals surface area contributed by atoms with Gasteiger partial charge < -0.3 is 14.8 Å². The summed E-state index contributed by atoms with van der Waals surface area (Å²) in [5.74, 6) is 1.37. The van der Waals surface area contributed by atoms with Crippen LogP contribution in [0, 0.1) is 0 Å². The van der Waals surface area contributed by atoms with Gasteiger partial charge in [0.2, 0.25) is 11.0 Å². The molecule has 1 N–H and O–H groups in total. The summed E-state index contributed by atoms with van der Waals surface area (Å²) in [6, 6.07) is 13.1. The van der Waals surface area contributed by atoms with E-state index >= 15 is 0 Å². The molecule has 8 heteroatoms. The van der Waals surface area contributed by atoms with Gasteiger partial charge in [0.15, 0.2) is 11.5 Å².